The zero-order valence-electron chi connectivity index (χ0n) is 12.2. The van der Waals surface area contributed by atoms with Crippen molar-refractivity contribution >= 4 is 39.6 Å². The third-order valence-electron chi connectivity index (χ3n) is 3.87. The van der Waals surface area contributed by atoms with Crippen LogP contribution in [0.3, 0.4) is 0 Å². The highest BCUT2D eigenvalue weighted by Crippen LogP contribution is 2.36. The molecule has 0 saturated carbocycles. The van der Waals surface area contributed by atoms with Crippen molar-refractivity contribution in [3.8, 4) is 11.1 Å². The fourth-order valence-electron chi connectivity index (χ4n) is 2.86. The standard InChI is InChI=1S/C18H10ClNO4/c19-10-6-7-12-11(8-10)15-16(24-12)13(9-4-2-1-3-5-9)14(18(22)23)17(21)20-15/h1-8H,(H,20,21)(H,22,23). The number of fused-ring (bicyclic) bond motifs is 3. The van der Waals surface area contributed by atoms with Gasteiger partial charge in [0.15, 0.2) is 5.58 Å². The van der Waals surface area contributed by atoms with Gasteiger partial charge in [-0.05, 0) is 23.8 Å². The Morgan fingerprint density at radius 2 is 1.88 bits per heavy atom. The van der Waals surface area contributed by atoms with E-state index >= 15 is 0 Å². The molecular formula is C18H10ClNO4. The Labute approximate surface area is 140 Å². The second kappa shape index (κ2) is 5.25. The van der Waals surface area contributed by atoms with Crippen molar-refractivity contribution in [2.24, 2.45) is 0 Å². The van der Waals surface area contributed by atoms with Gasteiger partial charge in [0, 0.05) is 16.0 Å². The largest absolute Gasteiger partial charge is 0.477 e. The van der Waals surface area contributed by atoms with E-state index in [-0.39, 0.29) is 11.1 Å². The summed E-state index contributed by atoms with van der Waals surface area (Å²) in [6.07, 6.45) is 0. The Hall–Kier alpha value is -3.05. The molecule has 0 radical (unpaired) electrons. The number of benzene rings is 2. The summed E-state index contributed by atoms with van der Waals surface area (Å²) < 4.78 is 5.85. The number of pyridine rings is 1. The van der Waals surface area contributed by atoms with Crippen LogP contribution < -0.4 is 5.56 Å². The third kappa shape index (κ3) is 2.10. The Balaban J connectivity index is 2.25. The van der Waals surface area contributed by atoms with Gasteiger partial charge >= 0.3 is 5.97 Å². The summed E-state index contributed by atoms with van der Waals surface area (Å²) in [6, 6.07) is 13.9. The molecule has 2 aromatic heterocycles. The van der Waals surface area contributed by atoms with Gasteiger partial charge < -0.3 is 14.5 Å². The van der Waals surface area contributed by atoms with Crippen molar-refractivity contribution in [1.29, 1.82) is 0 Å². The van der Waals surface area contributed by atoms with Crippen LogP contribution in [0.2, 0.25) is 5.02 Å². The Morgan fingerprint density at radius 1 is 1.12 bits per heavy atom. The van der Waals surface area contributed by atoms with Crippen LogP contribution in [0, 0.1) is 0 Å². The second-order valence-corrected chi connectivity index (χ2v) is 5.76. The van der Waals surface area contributed by atoms with Crippen LogP contribution in [-0.2, 0) is 0 Å². The lowest BCUT2D eigenvalue weighted by molar-refractivity contribution is 0.0696. The van der Waals surface area contributed by atoms with Crippen LogP contribution in [0.5, 0.6) is 0 Å². The van der Waals surface area contributed by atoms with Gasteiger partial charge in [0.25, 0.3) is 5.56 Å². The van der Waals surface area contributed by atoms with Crippen LogP contribution in [0.1, 0.15) is 10.4 Å². The summed E-state index contributed by atoms with van der Waals surface area (Å²) in [4.78, 5) is 26.6. The lowest BCUT2D eigenvalue weighted by Gasteiger charge is -2.06. The van der Waals surface area contributed by atoms with Gasteiger partial charge in [-0.25, -0.2) is 4.79 Å². The number of nitrogens with one attached hydrogen (secondary N) is 1. The number of aromatic amines is 1. The summed E-state index contributed by atoms with van der Waals surface area (Å²) in [5, 5.41) is 10.6. The van der Waals surface area contributed by atoms with Crippen molar-refractivity contribution in [2.45, 2.75) is 0 Å². The summed E-state index contributed by atoms with van der Waals surface area (Å²) in [6.45, 7) is 0. The molecule has 118 valence electrons. The van der Waals surface area contributed by atoms with E-state index in [1.165, 1.54) is 0 Å². The van der Waals surface area contributed by atoms with Crippen LogP contribution >= 0.6 is 11.6 Å². The predicted octanol–water partition coefficient (Wildman–Crippen LogP) is 4.29. The number of rotatable bonds is 2. The molecular weight excluding hydrogens is 330 g/mol. The number of carboxylic acid groups (broad SMARTS) is 1. The topological polar surface area (TPSA) is 83.3 Å². The minimum absolute atomic E-state index is 0.258. The summed E-state index contributed by atoms with van der Waals surface area (Å²) >= 11 is 6.03. The van der Waals surface area contributed by atoms with Gasteiger partial charge in [-0.3, -0.25) is 4.79 Å². The van der Waals surface area contributed by atoms with E-state index in [1.54, 1.807) is 42.5 Å². The van der Waals surface area contributed by atoms with E-state index in [0.717, 1.165) is 0 Å². The maximum Gasteiger partial charge on any atom is 0.342 e. The van der Waals surface area contributed by atoms with E-state index in [4.69, 9.17) is 16.0 Å². The fourth-order valence-corrected chi connectivity index (χ4v) is 3.03. The lowest BCUT2D eigenvalue weighted by Crippen LogP contribution is -2.19. The molecule has 0 aliphatic carbocycles. The summed E-state index contributed by atoms with van der Waals surface area (Å²) in [7, 11) is 0. The number of furan rings is 1. The molecule has 24 heavy (non-hydrogen) atoms. The molecule has 2 heterocycles. The number of aromatic carboxylic acids is 1. The molecule has 6 heteroatoms. The lowest BCUT2D eigenvalue weighted by atomic mass is 10.00. The van der Waals surface area contributed by atoms with E-state index in [1.807, 2.05) is 6.07 Å². The maximum atomic E-state index is 12.4. The number of carbonyl (C=O) groups is 1. The molecule has 4 rings (SSSR count). The molecule has 0 aliphatic rings. The molecule has 0 aliphatic heterocycles. The minimum atomic E-state index is -1.31. The zero-order valence-corrected chi connectivity index (χ0v) is 12.9. The van der Waals surface area contributed by atoms with Gasteiger partial charge in [0.05, 0.1) is 5.52 Å². The number of hydrogen-bond acceptors (Lipinski definition) is 3. The van der Waals surface area contributed by atoms with Crippen LogP contribution in [0.15, 0.2) is 57.7 Å². The van der Waals surface area contributed by atoms with Crippen LogP contribution in [0.25, 0.3) is 33.2 Å². The highest BCUT2D eigenvalue weighted by atomic mass is 35.5. The first kappa shape index (κ1) is 14.5. The van der Waals surface area contributed by atoms with Crippen molar-refractivity contribution in [2.75, 3.05) is 0 Å². The molecule has 5 nitrogen and oxygen atoms in total. The maximum absolute atomic E-state index is 12.4. The van der Waals surface area contributed by atoms with Gasteiger partial charge in [0.1, 0.15) is 11.1 Å². The van der Waals surface area contributed by atoms with Crippen LogP contribution in [-0.4, -0.2) is 16.1 Å². The quantitative estimate of drug-likeness (QED) is 0.570. The molecule has 0 bridgehead atoms. The first-order valence-corrected chi connectivity index (χ1v) is 7.51. The number of carboxylic acids is 1. The Morgan fingerprint density at radius 3 is 2.58 bits per heavy atom. The van der Waals surface area contributed by atoms with E-state index < -0.39 is 11.5 Å². The van der Waals surface area contributed by atoms with E-state index in [2.05, 4.69) is 4.98 Å². The van der Waals surface area contributed by atoms with Gasteiger partial charge in [-0.15, -0.1) is 0 Å². The summed E-state index contributed by atoms with van der Waals surface area (Å²) in [5.41, 5.74) is 1.09. The average molecular weight is 340 g/mol. The first-order valence-electron chi connectivity index (χ1n) is 7.13. The fraction of sp³-hybridized carbons (Fsp3) is 0. The first-order chi connectivity index (χ1) is 11.6. The SMILES string of the molecule is O=C(O)c1c(-c2ccccc2)c2oc3ccc(Cl)cc3c2[nH]c1=O. The van der Waals surface area contributed by atoms with Crippen molar-refractivity contribution in [1.82, 2.24) is 4.98 Å². The molecule has 0 spiro atoms. The highest BCUT2D eigenvalue weighted by molar-refractivity contribution is 6.31. The molecule has 0 atom stereocenters. The smallest absolute Gasteiger partial charge is 0.342 e. The Bertz CT molecular complexity index is 1160. The number of hydrogen-bond donors (Lipinski definition) is 2. The Kier molecular flexibility index (Phi) is 3.18. The zero-order chi connectivity index (χ0) is 16.8. The predicted molar refractivity (Wildman–Crippen MR) is 91.7 cm³/mol. The highest BCUT2D eigenvalue weighted by Gasteiger charge is 2.23. The minimum Gasteiger partial charge on any atom is -0.477 e. The van der Waals surface area contributed by atoms with E-state index in [9.17, 15) is 14.7 Å². The molecule has 2 N–H and O–H groups in total. The molecule has 4 aromatic rings. The molecule has 2 aromatic carbocycles. The van der Waals surface area contributed by atoms with Gasteiger partial charge in [-0.1, -0.05) is 41.9 Å². The normalized spacial score (nSPS) is 11.2. The third-order valence-corrected chi connectivity index (χ3v) is 4.10. The summed E-state index contributed by atoms with van der Waals surface area (Å²) in [5.74, 6) is -1.31. The second-order valence-electron chi connectivity index (χ2n) is 5.32. The molecule has 0 amide bonds. The van der Waals surface area contributed by atoms with Crippen LogP contribution in [0.4, 0.5) is 0 Å². The van der Waals surface area contributed by atoms with Crippen molar-refractivity contribution < 1.29 is 14.3 Å². The number of aromatic nitrogens is 1. The average Bonchev–Trinajstić information content (AvgIpc) is 2.91. The number of halogens is 1. The van der Waals surface area contributed by atoms with Crippen molar-refractivity contribution in [3.05, 3.63) is 69.5 Å². The molecule has 0 unspecified atom stereocenters. The molecule has 0 fully saturated rings. The molecule has 0 saturated heterocycles. The monoisotopic (exact) mass is 339 g/mol. The van der Waals surface area contributed by atoms with Crippen molar-refractivity contribution in [3.63, 3.8) is 0 Å². The van der Waals surface area contributed by atoms with E-state index in [0.29, 0.717) is 32.7 Å². The van der Waals surface area contributed by atoms with Gasteiger partial charge in [-0.2, -0.15) is 0 Å². The number of H-pyrrole nitrogens is 1. The van der Waals surface area contributed by atoms with Gasteiger partial charge in [0.2, 0.25) is 0 Å².